The Balaban J connectivity index is 0.801. The van der Waals surface area contributed by atoms with Gasteiger partial charge in [-0.15, -0.1) is 0 Å². The maximum Gasteiger partial charge on any atom is 0.263 e. The second-order valence-electron chi connectivity index (χ2n) is 15.9. The first-order valence-electron chi connectivity index (χ1n) is 20.2. The minimum absolute atomic E-state index is 0.0243. The Labute approximate surface area is 327 Å². The average Bonchev–Trinajstić information content (AvgIpc) is 3.87. The smallest absolute Gasteiger partial charge is 0.263 e. The Morgan fingerprint density at radius 2 is 1.73 bits per heavy atom. The quantitative estimate of drug-likeness (QED) is 0.117. The highest BCUT2D eigenvalue weighted by molar-refractivity contribution is 6.00. The Morgan fingerprint density at radius 3 is 2.46 bits per heavy atom. The lowest BCUT2D eigenvalue weighted by atomic mass is 10.0. The molecule has 1 saturated carbocycles. The lowest BCUT2D eigenvalue weighted by molar-refractivity contribution is -0.137. The van der Waals surface area contributed by atoms with Crippen LogP contribution in [0.5, 0.6) is 0 Å². The normalized spacial score (nSPS) is 19.4. The molecule has 8 rings (SSSR count). The largest absolute Gasteiger partial charge is 0.375 e. The molecule has 1 aromatic carbocycles. The zero-order valence-corrected chi connectivity index (χ0v) is 32.7. The number of nitrogens with one attached hydrogen (secondary N) is 2. The summed E-state index contributed by atoms with van der Waals surface area (Å²) >= 11 is 0. The van der Waals surface area contributed by atoms with E-state index >= 15 is 0 Å². The Bertz CT molecular complexity index is 2190. The molecule has 294 valence electrons. The van der Waals surface area contributed by atoms with Crippen LogP contribution in [0.15, 0.2) is 47.5 Å². The maximum atomic E-state index is 13.6. The van der Waals surface area contributed by atoms with Gasteiger partial charge in [0, 0.05) is 82.6 Å². The molecule has 2 N–H and O–H groups in total. The van der Waals surface area contributed by atoms with Crippen LogP contribution in [0.2, 0.25) is 0 Å². The van der Waals surface area contributed by atoms with Crippen molar-refractivity contribution in [3.8, 4) is 0 Å². The monoisotopic (exact) mass is 760 g/mol. The van der Waals surface area contributed by atoms with E-state index in [4.69, 9.17) is 4.98 Å². The van der Waals surface area contributed by atoms with Crippen molar-refractivity contribution in [2.45, 2.75) is 90.4 Å². The van der Waals surface area contributed by atoms with Gasteiger partial charge in [0.15, 0.2) is 5.78 Å². The Kier molecular flexibility index (Phi) is 10.8. The predicted molar refractivity (Wildman–Crippen MR) is 217 cm³/mol. The zero-order chi connectivity index (χ0) is 38.9. The third-order valence-electron chi connectivity index (χ3n) is 12.2. The molecule has 14 heteroatoms. The molecule has 6 heterocycles. The van der Waals surface area contributed by atoms with Gasteiger partial charge in [0.25, 0.3) is 5.56 Å². The molecule has 2 saturated heterocycles. The summed E-state index contributed by atoms with van der Waals surface area (Å²) in [6, 6.07) is 10.4. The van der Waals surface area contributed by atoms with Crippen LogP contribution in [-0.4, -0.2) is 99.3 Å². The molecular weight excluding hydrogens is 709 g/mol. The summed E-state index contributed by atoms with van der Waals surface area (Å²) in [5, 5.41) is 6.45. The van der Waals surface area contributed by atoms with Crippen molar-refractivity contribution in [1.29, 1.82) is 0 Å². The van der Waals surface area contributed by atoms with E-state index in [9.17, 15) is 19.2 Å². The molecule has 3 aliphatic heterocycles. The van der Waals surface area contributed by atoms with Crippen molar-refractivity contribution in [3.05, 3.63) is 75.3 Å². The lowest BCUT2D eigenvalue weighted by Crippen LogP contribution is -2.50. The highest BCUT2D eigenvalue weighted by atomic mass is 16.2. The number of hydrogen-bond acceptors (Lipinski definition) is 12. The summed E-state index contributed by atoms with van der Waals surface area (Å²) in [4.78, 5) is 73.5. The number of imide groups is 1. The summed E-state index contributed by atoms with van der Waals surface area (Å²) in [6.45, 7) is 10.7. The third-order valence-corrected chi connectivity index (χ3v) is 12.2. The van der Waals surface area contributed by atoms with Crippen LogP contribution < -0.4 is 26.0 Å². The molecule has 4 aromatic rings. The van der Waals surface area contributed by atoms with Gasteiger partial charge >= 0.3 is 0 Å². The van der Waals surface area contributed by atoms with Crippen LogP contribution in [0, 0.1) is 6.92 Å². The fraction of sp³-hybridized carbons (Fsp3) is 0.500. The van der Waals surface area contributed by atoms with Crippen LogP contribution in [0.3, 0.4) is 0 Å². The van der Waals surface area contributed by atoms with Crippen LogP contribution in [0.1, 0.15) is 91.4 Å². The number of amides is 2. The zero-order valence-electron chi connectivity index (χ0n) is 32.7. The molecule has 0 radical (unpaired) electrons. The SMILES string of the molecule is CC(=O)c1c(C)c2cnc(Nc3ccc(N4CCN(CCCCN(C)c5ccc6c(c5)CN(C5CCC(=O)NC5=O)C6)CC4)cn3)nc2n(C2CCCC2)c1=O. The van der Waals surface area contributed by atoms with Crippen molar-refractivity contribution in [3.63, 3.8) is 0 Å². The fourth-order valence-electron chi connectivity index (χ4n) is 9.01. The molecule has 0 spiro atoms. The van der Waals surface area contributed by atoms with E-state index in [1.165, 1.54) is 23.7 Å². The summed E-state index contributed by atoms with van der Waals surface area (Å²) in [5.74, 6) is 0.416. The van der Waals surface area contributed by atoms with E-state index < -0.39 is 0 Å². The Morgan fingerprint density at radius 1 is 0.946 bits per heavy atom. The van der Waals surface area contributed by atoms with Crippen LogP contribution >= 0.6 is 0 Å². The van der Waals surface area contributed by atoms with Gasteiger partial charge in [0.2, 0.25) is 17.8 Å². The lowest BCUT2D eigenvalue weighted by Gasteiger charge is -2.36. The minimum Gasteiger partial charge on any atom is -0.375 e. The summed E-state index contributed by atoms with van der Waals surface area (Å²) in [7, 11) is 2.15. The first-order valence-corrected chi connectivity index (χ1v) is 20.2. The predicted octanol–water partition coefficient (Wildman–Crippen LogP) is 4.72. The molecule has 1 aliphatic carbocycles. The van der Waals surface area contributed by atoms with E-state index in [-0.39, 0.29) is 40.8 Å². The number of rotatable bonds is 12. The van der Waals surface area contributed by atoms with Gasteiger partial charge in [-0.1, -0.05) is 18.9 Å². The molecule has 1 unspecified atom stereocenters. The van der Waals surface area contributed by atoms with Crippen LogP contribution in [0.4, 0.5) is 23.1 Å². The van der Waals surface area contributed by atoms with Crippen molar-refractivity contribution < 1.29 is 14.4 Å². The molecule has 0 bridgehead atoms. The van der Waals surface area contributed by atoms with Gasteiger partial charge in [0.05, 0.1) is 23.5 Å². The van der Waals surface area contributed by atoms with E-state index in [1.807, 2.05) is 12.3 Å². The molecule has 2 amide bonds. The number of carbonyl (C=O) groups excluding carboxylic acids is 3. The summed E-state index contributed by atoms with van der Waals surface area (Å²) < 4.78 is 1.73. The standard InChI is InChI=1S/C42H52N10O4/c1-27-34-24-44-42(47-39(34)52(31-8-4-5-9-31)41(56)38(27)28(2)53)45-36-14-12-33(23-43-36)50-20-18-49(19-21-50)17-7-6-16-48(3)32-11-10-29-25-51(26-30(29)22-32)35-13-15-37(54)46-40(35)55/h10-12,14,22-24,31,35H,4-9,13,15-21,25-26H2,1-3H3,(H,46,54,55)(H,43,44,45,47). The van der Waals surface area contributed by atoms with Gasteiger partial charge in [0.1, 0.15) is 11.5 Å². The second kappa shape index (κ2) is 16.1. The van der Waals surface area contributed by atoms with Crippen LogP contribution in [0.25, 0.3) is 11.0 Å². The summed E-state index contributed by atoms with van der Waals surface area (Å²) in [5.41, 5.74) is 5.96. The number of unbranched alkanes of at least 4 members (excludes halogenated alkanes) is 1. The number of anilines is 4. The van der Waals surface area contributed by atoms with Gasteiger partial charge < -0.3 is 15.1 Å². The fourth-order valence-corrected chi connectivity index (χ4v) is 9.01. The number of benzene rings is 1. The van der Waals surface area contributed by atoms with Crippen molar-refractivity contribution >= 4 is 51.8 Å². The number of piperidine rings is 1. The number of carbonyl (C=O) groups is 3. The van der Waals surface area contributed by atoms with E-state index in [0.29, 0.717) is 35.8 Å². The molecule has 1 atom stereocenters. The molecule has 4 aliphatic rings. The first-order chi connectivity index (χ1) is 27.1. The van der Waals surface area contributed by atoms with Crippen molar-refractivity contribution in [2.75, 3.05) is 61.4 Å². The maximum absolute atomic E-state index is 13.6. The molecule has 56 heavy (non-hydrogen) atoms. The number of ketones is 1. The Hall–Kier alpha value is -5.21. The van der Waals surface area contributed by atoms with Gasteiger partial charge in [-0.2, -0.15) is 4.98 Å². The molecular formula is C42H52N10O4. The number of Topliss-reactive ketones (excluding diaryl/α,β-unsaturated/α-hetero) is 1. The average molecular weight is 761 g/mol. The number of pyridine rings is 2. The van der Waals surface area contributed by atoms with Gasteiger partial charge in [-0.05, 0) is 93.5 Å². The number of aromatic nitrogens is 4. The van der Waals surface area contributed by atoms with E-state index in [2.05, 4.69) is 71.5 Å². The van der Waals surface area contributed by atoms with Crippen LogP contribution in [-0.2, 0) is 22.7 Å². The van der Waals surface area contributed by atoms with E-state index in [1.54, 1.807) is 17.7 Å². The summed E-state index contributed by atoms with van der Waals surface area (Å²) in [6.07, 6.45) is 10.7. The van der Waals surface area contributed by atoms with Crippen molar-refractivity contribution in [1.82, 2.24) is 34.6 Å². The van der Waals surface area contributed by atoms with Crippen molar-refractivity contribution in [2.24, 2.45) is 0 Å². The number of aryl methyl sites for hydroxylation is 1. The number of piperazine rings is 1. The van der Waals surface area contributed by atoms with Gasteiger partial charge in [-0.3, -0.25) is 38.9 Å². The highest BCUT2D eigenvalue weighted by Gasteiger charge is 2.35. The number of nitrogens with zero attached hydrogens (tertiary/aromatic N) is 8. The molecule has 3 aromatic heterocycles. The van der Waals surface area contributed by atoms with E-state index in [0.717, 1.165) is 102 Å². The minimum atomic E-state index is -0.260. The number of hydrogen-bond donors (Lipinski definition) is 2. The third kappa shape index (κ3) is 7.77. The molecule has 14 nitrogen and oxygen atoms in total. The van der Waals surface area contributed by atoms with Gasteiger partial charge in [-0.25, -0.2) is 9.97 Å². The first kappa shape index (κ1) is 37.7. The highest BCUT2D eigenvalue weighted by Crippen LogP contribution is 2.33. The molecule has 3 fully saturated rings. The number of fused-ring (bicyclic) bond motifs is 2. The second-order valence-corrected chi connectivity index (χ2v) is 15.9. The topological polar surface area (TPSA) is 149 Å².